The van der Waals surface area contributed by atoms with Gasteiger partial charge in [-0.1, -0.05) is 30.3 Å². The molecule has 0 aromatic heterocycles. The molecule has 6 atom stereocenters. The Balaban J connectivity index is 1.85. The Morgan fingerprint density at radius 1 is 1.04 bits per heavy atom. The van der Waals surface area contributed by atoms with Crippen molar-refractivity contribution in [3.8, 4) is 0 Å². The molecule has 0 radical (unpaired) electrons. The molecule has 2 N–H and O–H groups in total. The highest BCUT2D eigenvalue weighted by molar-refractivity contribution is 5.13. The number of methoxy groups -OCH3 is 2. The summed E-state index contributed by atoms with van der Waals surface area (Å²) in [6.07, 6.45) is -1.50. The van der Waals surface area contributed by atoms with Crippen LogP contribution in [0.5, 0.6) is 0 Å². The van der Waals surface area contributed by atoms with Crippen LogP contribution in [0.3, 0.4) is 0 Å². The molecule has 1 aromatic rings. The summed E-state index contributed by atoms with van der Waals surface area (Å²) in [5, 5.41) is 0. The highest BCUT2D eigenvalue weighted by Gasteiger charge is 2.62. The van der Waals surface area contributed by atoms with Crippen molar-refractivity contribution in [3.63, 3.8) is 0 Å². The van der Waals surface area contributed by atoms with E-state index in [1.807, 2.05) is 51.1 Å². The Morgan fingerprint density at radius 2 is 1.61 bits per heavy atom. The van der Waals surface area contributed by atoms with E-state index >= 15 is 0 Å². The van der Waals surface area contributed by atoms with Crippen molar-refractivity contribution in [3.05, 3.63) is 35.9 Å². The Hall–Kier alpha value is -1.06. The van der Waals surface area contributed by atoms with Crippen molar-refractivity contribution in [2.45, 2.75) is 69.9 Å². The van der Waals surface area contributed by atoms with E-state index in [4.69, 9.17) is 34.2 Å². The van der Waals surface area contributed by atoms with Gasteiger partial charge in [0, 0.05) is 25.7 Å². The molecule has 2 saturated heterocycles. The maximum Gasteiger partial charge on any atom is 0.220 e. The lowest BCUT2D eigenvalue weighted by atomic mass is 9.79. The highest BCUT2D eigenvalue weighted by atomic mass is 16.8. The molecule has 158 valence electrons. The van der Waals surface area contributed by atoms with Crippen molar-refractivity contribution >= 4 is 0 Å². The smallest absolute Gasteiger partial charge is 0.220 e. The summed E-state index contributed by atoms with van der Waals surface area (Å²) in [5.41, 5.74) is 6.95. The number of nitrogens with two attached hydrogens (primary N) is 1. The van der Waals surface area contributed by atoms with E-state index < -0.39 is 29.5 Å². The van der Waals surface area contributed by atoms with Crippen molar-refractivity contribution < 1.29 is 28.4 Å². The summed E-state index contributed by atoms with van der Waals surface area (Å²) >= 11 is 0. The molecule has 2 aliphatic rings. The van der Waals surface area contributed by atoms with E-state index in [-0.39, 0.29) is 12.0 Å². The third-order valence-electron chi connectivity index (χ3n) is 5.97. The van der Waals surface area contributed by atoms with Gasteiger partial charge in [0.15, 0.2) is 6.29 Å². The first-order valence-corrected chi connectivity index (χ1v) is 9.65. The van der Waals surface area contributed by atoms with Crippen LogP contribution in [0.25, 0.3) is 0 Å². The van der Waals surface area contributed by atoms with E-state index in [0.29, 0.717) is 13.2 Å². The Morgan fingerprint density at radius 3 is 2.14 bits per heavy atom. The number of ether oxygens (including phenoxy) is 6. The first kappa shape index (κ1) is 21.6. The van der Waals surface area contributed by atoms with Crippen molar-refractivity contribution in [1.29, 1.82) is 0 Å². The third kappa shape index (κ3) is 3.98. The van der Waals surface area contributed by atoms with Gasteiger partial charge in [0.05, 0.1) is 19.3 Å². The zero-order valence-corrected chi connectivity index (χ0v) is 17.6. The normalized spacial score (nSPS) is 38.8. The summed E-state index contributed by atoms with van der Waals surface area (Å²) in [6, 6.07) is 9.93. The summed E-state index contributed by atoms with van der Waals surface area (Å²) in [7, 11) is 3.14. The average Bonchev–Trinajstić information content (AvgIpc) is 2.67. The maximum absolute atomic E-state index is 6.44. The van der Waals surface area contributed by atoms with Gasteiger partial charge in [-0.3, -0.25) is 0 Å². The van der Waals surface area contributed by atoms with Crippen LogP contribution in [0.1, 0.15) is 33.3 Å². The lowest BCUT2D eigenvalue weighted by Gasteiger charge is -2.57. The predicted octanol–water partition coefficient (Wildman–Crippen LogP) is 2.42. The van der Waals surface area contributed by atoms with Crippen LogP contribution in [-0.2, 0) is 35.0 Å². The predicted molar refractivity (Wildman–Crippen MR) is 103 cm³/mol. The summed E-state index contributed by atoms with van der Waals surface area (Å²) in [6.45, 7) is 8.32. The molecule has 2 fully saturated rings. The molecule has 0 amide bonds. The molecule has 0 spiro atoms. The highest BCUT2D eigenvalue weighted by Crippen LogP contribution is 2.45. The largest absolute Gasteiger partial charge is 0.349 e. The molecule has 1 aromatic carbocycles. The first-order valence-electron chi connectivity index (χ1n) is 9.65. The van der Waals surface area contributed by atoms with Gasteiger partial charge in [0.2, 0.25) is 11.6 Å². The van der Waals surface area contributed by atoms with E-state index in [9.17, 15) is 0 Å². The third-order valence-corrected chi connectivity index (χ3v) is 5.97. The van der Waals surface area contributed by atoms with Crippen LogP contribution >= 0.6 is 0 Å². The molecule has 3 rings (SSSR count). The zero-order chi connectivity index (χ0) is 20.6. The van der Waals surface area contributed by atoms with Crippen molar-refractivity contribution in [2.75, 3.05) is 20.8 Å². The summed E-state index contributed by atoms with van der Waals surface area (Å²) < 4.78 is 36.3. The lowest BCUT2D eigenvalue weighted by molar-refractivity contribution is -0.479. The quantitative estimate of drug-likeness (QED) is 0.792. The van der Waals surface area contributed by atoms with Crippen LogP contribution in [0.4, 0.5) is 0 Å². The van der Waals surface area contributed by atoms with Crippen LogP contribution in [0, 0.1) is 5.92 Å². The van der Waals surface area contributed by atoms with Crippen LogP contribution < -0.4 is 5.73 Å². The van der Waals surface area contributed by atoms with Gasteiger partial charge < -0.3 is 34.2 Å². The second-order valence-corrected chi connectivity index (χ2v) is 8.39. The molecular formula is C21H33NO6. The average molecular weight is 395 g/mol. The Kier molecular flexibility index (Phi) is 6.18. The molecular weight excluding hydrogens is 362 g/mol. The fourth-order valence-electron chi connectivity index (χ4n) is 3.78. The monoisotopic (exact) mass is 395 g/mol. The summed E-state index contributed by atoms with van der Waals surface area (Å²) in [5.74, 6) is -2.35. The van der Waals surface area contributed by atoms with Gasteiger partial charge in [0.25, 0.3) is 0 Å². The van der Waals surface area contributed by atoms with Gasteiger partial charge in [-0.15, -0.1) is 0 Å². The minimum atomic E-state index is -1.14. The Bertz CT molecular complexity index is 650. The standard InChI is InChI=1S/C21H33NO6/c1-19(2,22)15-13-26-18(25-12-14-10-8-7-9-11-14)17-16(15)27-20(3,23-5)21(4,24-6)28-17/h7-11,15-18H,12-13,22H2,1-6H3/t15-,16-,17+,18-,20+,21+/m1/s1. The number of hydrogen-bond donors (Lipinski definition) is 1. The zero-order valence-electron chi connectivity index (χ0n) is 17.6. The molecule has 7 heteroatoms. The van der Waals surface area contributed by atoms with Gasteiger partial charge in [0.1, 0.15) is 6.10 Å². The maximum atomic E-state index is 6.44. The fraction of sp³-hybridized carbons (Fsp3) is 0.714. The molecule has 0 bridgehead atoms. The second kappa shape index (κ2) is 7.99. The number of rotatable bonds is 6. The molecule has 0 saturated carbocycles. The van der Waals surface area contributed by atoms with E-state index in [1.165, 1.54) is 0 Å². The summed E-state index contributed by atoms with van der Waals surface area (Å²) in [4.78, 5) is 0. The number of benzene rings is 1. The minimum absolute atomic E-state index is 0.107. The number of fused-ring (bicyclic) bond motifs is 1. The lowest BCUT2D eigenvalue weighted by Crippen LogP contribution is -2.72. The van der Waals surface area contributed by atoms with Crippen LogP contribution in [0.15, 0.2) is 30.3 Å². The van der Waals surface area contributed by atoms with Crippen LogP contribution in [-0.4, -0.2) is 56.4 Å². The first-order chi connectivity index (χ1) is 13.1. The fourth-order valence-corrected chi connectivity index (χ4v) is 3.78. The minimum Gasteiger partial charge on any atom is -0.349 e. The SMILES string of the molecule is CO[C@@]1(C)O[C@@H]2[C@H](OCc3ccccc3)OC[C@@H](C(C)(C)N)[C@H]2O[C@]1(C)OC. The molecule has 28 heavy (non-hydrogen) atoms. The molecule has 7 nitrogen and oxygen atoms in total. The van der Waals surface area contributed by atoms with E-state index in [0.717, 1.165) is 5.56 Å². The van der Waals surface area contributed by atoms with Crippen molar-refractivity contribution in [2.24, 2.45) is 11.7 Å². The molecule has 2 aliphatic heterocycles. The van der Waals surface area contributed by atoms with Gasteiger partial charge in [-0.05, 0) is 33.3 Å². The Labute approximate surface area is 167 Å². The van der Waals surface area contributed by atoms with Crippen molar-refractivity contribution in [1.82, 2.24) is 0 Å². The van der Waals surface area contributed by atoms with Gasteiger partial charge in [-0.25, -0.2) is 0 Å². The van der Waals surface area contributed by atoms with Gasteiger partial charge in [-0.2, -0.15) is 0 Å². The van der Waals surface area contributed by atoms with E-state index in [2.05, 4.69) is 0 Å². The second-order valence-electron chi connectivity index (χ2n) is 8.39. The van der Waals surface area contributed by atoms with E-state index in [1.54, 1.807) is 21.1 Å². The molecule has 2 heterocycles. The number of hydrogen-bond acceptors (Lipinski definition) is 7. The van der Waals surface area contributed by atoms with Crippen LogP contribution in [0.2, 0.25) is 0 Å². The molecule has 0 aliphatic carbocycles. The molecule has 0 unspecified atom stereocenters. The van der Waals surface area contributed by atoms with Gasteiger partial charge >= 0.3 is 0 Å². The topological polar surface area (TPSA) is 81.4 Å².